The molecular weight excluding hydrogens is 356 g/mol. The van der Waals surface area contributed by atoms with Gasteiger partial charge in [-0.1, -0.05) is 17.7 Å². The zero-order chi connectivity index (χ0) is 15.2. The largest absolute Gasteiger partial charge is 0.496 e. The zero-order valence-corrected chi connectivity index (χ0v) is 14.1. The number of rotatable bonds is 6. The van der Waals surface area contributed by atoms with E-state index in [1.54, 1.807) is 7.11 Å². The van der Waals surface area contributed by atoms with Gasteiger partial charge in [-0.3, -0.25) is 0 Å². The quantitative estimate of drug-likeness (QED) is 0.805. The van der Waals surface area contributed by atoms with Gasteiger partial charge in [0.15, 0.2) is 0 Å². The Bertz CT molecular complexity index is 624. The zero-order valence-electron chi connectivity index (χ0n) is 11.8. The van der Waals surface area contributed by atoms with Crippen molar-refractivity contribution in [2.24, 2.45) is 0 Å². The molecule has 0 amide bonds. The first-order valence-corrected chi connectivity index (χ1v) is 7.64. The minimum atomic E-state index is 0.504. The van der Waals surface area contributed by atoms with E-state index in [2.05, 4.69) is 36.5 Å². The van der Waals surface area contributed by atoms with Crippen LogP contribution in [0.25, 0.3) is 0 Å². The molecule has 0 aliphatic rings. The lowest BCUT2D eigenvalue weighted by atomic mass is 10.2. The van der Waals surface area contributed by atoms with E-state index in [4.69, 9.17) is 16.3 Å². The number of halogens is 2. The molecule has 2 aromatic rings. The third-order valence-corrected chi connectivity index (χ3v) is 3.97. The molecule has 2 rings (SSSR count). The van der Waals surface area contributed by atoms with Crippen LogP contribution in [0.5, 0.6) is 5.75 Å². The topological polar surface area (TPSA) is 59.1 Å². The first kappa shape index (κ1) is 15.9. The van der Waals surface area contributed by atoms with E-state index in [1.807, 2.05) is 25.1 Å². The van der Waals surface area contributed by atoms with Crippen LogP contribution in [-0.4, -0.2) is 23.6 Å². The fourth-order valence-electron chi connectivity index (χ4n) is 1.86. The van der Waals surface area contributed by atoms with Crippen LogP contribution in [0.1, 0.15) is 12.5 Å². The van der Waals surface area contributed by atoms with Crippen molar-refractivity contribution in [3.8, 4) is 5.75 Å². The van der Waals surface area contributed by atoms with Crippen LogP contribution in [0.2, 0.25) is 5.02 Å². The van der Waals surface area contributed by atoms with E-state index in [9.17, 15) is 0 Å². The molecule has 112 valence electrons. The van der Waals surface area contributed by atoms with Gasteiger partial charge in [0.1, 0.15) is 28.2 Å². The van der Waals surface area contributed by atoms with Gasteiger partial charge in [0.2, 0.25) is 0 Å². The summed E-state index contributed by atoms with van der Waals surface area (Å²) in [5, 5.41) is 7.05. The normalized spacial score (nSPS) is 10.3. The number of anilines is 2. The molecule has 0 unspecified atom stereocenters. The van der Waals surface area contributed by atoms with Crippen LogP contribution >= 0.6 is 27.5 Å². The predicted molar refractivity (Wildman–Crippen MR) is 89.2 cm³/mol. The van der Waals surface area contributed by atoms with E-state index in [0.29, 0.717) is 17.4 Å². The number of aromatic nitrogens is 2. The smallest absolute Gasteiger partial charge is 0.146 e. The van der Waals surface area contributed by atoms with Crippen molar-refractivity contribution < 1.29 is 4.74 Å². The summed E-state index contributed by atoms with van der Waals surface area (Å²) in [6.07, 6.45) is 1.51. The van der Waals surface area contributed by atoms with E-state index in [0.717, 1.165) is 28.1 Å². The van der Waals surface area contributed by atoms with Gasteiger partial charge in [0.25, 0.3) is 0 Å². The van der Waals surface area contributed by atoms with Crippen LogP contribution in [0.3, 0.4) is 0 Å². The highest BCUT2D eigenvalue weighted by atomic mass is 79.9. The SMILES string of the molecule is CCNc1ncnc(NCc2c(Cl)cccc2OC)c1Br. The maximum absolute atomic E-state index is 6.22. The number of ether oxygens (including phenoxy) is 1. The fraction of sp³-hybridized carbons (Fsp3) is 0.286. The molecule has 0 spiro atoms. The summed E-state index contributed by atoms with van der Waals surface area (Å²) in [4.78, 5) is 8.40. The monoisotopic (exact) mass is 370 g/mol. The Morgan fingerprint density at radius 2 is 1.95 bits per heavy atom. The van der Waals surface area contributed by atoms with Gasteiger partial charge in [-0.2, -0.15) is 0 Å². The fourth-order valence-corrected chi connectivity index (χ4v) is 2.58. The lowest BCUT2D eigenvalue weighted by molar-refractivity contribution is 0.410. The van der Waals surface area contributed by atoms with Gasteiger partial charge in [-0.25, -0.2) is 9.97 Å². The van der Waals surface area contributed by atoms with Crippen LogP contribution in [0.15, 0.2) is 29.0 Å². The van der Waals surface area contributed by atoms with Gasteiger partial charge in [0, 0.05) is 23.7 Å². The van der Waals surface area contributed by atoms with Crippen molar-refractivity contribution in [1.29, 1.82) is 0 Å². The van der Waals surface area contributed by atoms with E-state index < -0.39 is 0 Å². The minimum Gasteiger partial charge on any atom is -0.496 e. The van der Waals surface area contributed by atoms with Gasteiger partial charge >= 0.3 is 0 Å². The first-order valence-electron chi connectivity index (χ1n) is 6.47. The molecule has 5 nitrogen and oxygen atoms in total. The standard InChI is InChI=1S/C14H16BrClN4O/c1-3-17-13-12(15)14(20-8-19-13)18-7-9-10(16)5-4-6-11(9)21-2/h4-6,8H,3,7H2,1-2H3,(H2,17,18,19,20). The maximum atomic E-state index is 6.22. The molecule has 0 aliphatic heterocycles. The molecule has 0 saturated heterocycles. The second-order valence-electron chi connectivity index (χ2n) is 4.19. The molecular formula is C14H16BrClN4O. The molecule has 0 bridgehead atoms. The van der Waals surface area contributed by atoms with Crippen LogP contribution < -0.4 is 15.4 Å². The number of nitrogens with zero attached hydrogens (tertiary/aromatic N) is 2. The van der Waals surface area contributed by atoms with E-state index >= 15 is 0 Å². The highest BCUT2D eigenvalue weighted by Gasteiger charge is 2.11. The van der Waals surface area contributed by atoms with Gasteiger partial charge < -0.3 is 15.4 Å². The molecule has 0 saturated carbocycles. The van der Waals surface area contributed by atoms with Gasteiger partial charge in [-0.15, -0.1) is 0 Å². The average Bonchev–Trinajstić information content (AvgIpc) is 2.49. The van der Waals surface area contributed by atoms with Crippen LogP contribution in [-0.2, 0) is 6.54 Å². The first-order chi connectivity index (χ1) is 10.2. The van der Waals surface area contributed by atoms with Crippen molar-refractivity contribution in [1.82, 2.24) is 9.97 Å². The summed E-state index contributed by atoms with van der Waals surface area (Å²) in [5.41, 5.74) is 0.886. The Hall–Kier alpha value is -1.53. The molecule has 1 aromatic carbocycles. The van der Waals surface area contributed by atoms with Crippen LogP contribution in [0, 0.1) is 0 Å². The average molecular weight is 372 g/mol. The molecule has 0 radical (unpaired) electrons. The summed E-state index contributed by atoms with van der Waals surface area (Å²) in [6.45, 7) is 3.30. The molecule has 2 N–H and O–H groups in total. The highest BCUT2D eigenvalue weighted by molar-refractivity contribution is 9.10. The number of nitrogens with one attached hydrogen (secondary N) is 2. The molecule has 1 heterocycles. The summed E-state index contributed by atoms with van der Waals surface area (Å²) < 4.78 is 6.12. The van der Waals surface area contributed by atoms with Crippen molar-refractivity contribution in [2.45, 2.75) is 13.5 Å². The van der Waals surface area contributed by atoms with Crippen molar-refractivity contribution in [3.05, 3.63) is 39.6 Å². The third-order valence-electron chi connectivity index (χ3n) is 2.86. The molecule has 0 fully saturated rings. The summed E-state index contributed by atoms with van der Waals surface area (Å²) >= 11 is 9.71. The molecule has 21 heavy (non-hydrogen) atoms. The maximum Gasteiger partial charge on any atom is 0.146 e. The van der Waals surface area contributed by atoms with Gasteiger partial charge in [-0.05, 0) is 35.0 Å². The van der Waals surface area contributed by atoms with E-state index in [-0.39, 0.29) is 0 Å². The second kappa shape index (κ2) is 7.47. The number of hydrogen-bond donors (Lipinski definition) is 2. The Labute approximate surface area is 137 Å². The third kappa shape index (κ3) is 3.77. The Morgan fingerprint density at radius 1 is 1.24 bits per heavy atom. The number of hydrogen-bond acceptors (Lipinski definition) is 5. The Balaban J connectivity index is 2.19. The molecule has 1 aromatic heterocycles. The highest BCUT2D eigenvalue weighted by Crippen LogP contribution is 2.30. The summed E-state index contributed by atoms with van der Waals surface area (Å²) in [7, 11) is 1.62. The summed E-state index contributed by atoms with van der Waals surface area (Å²) in [6, 6.07) is 5.57. The number of methoxy groups -OCH3 is 1. The van der Waals surface area contributed by atoms with Crippen molar-refractivity contribution in [3.63, 3.8) is 0 Å². The minimum absolute atomic E-state index is 0.504. The van der Waals surface area contributed by atoms with E-state index in [1.165, 1.54) is 6.33 Å². The lowest BCUT2D eigenvalue weighted by Crippen LogP contribution is -2.07. The molecule has 7 heteroatoms. The molecule has 0 aliphatic carbocycles. The predicted octanol–water partition coefficient (Wildman–Crippen LogP) is 3.95. The van der Waals surface area contributed by atoms with Crippen molar-refractivity contribution >= 4 is 39.2 Å². The number of benzene rings is 1. The van der Waals surface area contributed by atoms with Crippen LogP contribution in [0.4, 0.5) is 11.6 Å². The lowest BCUT2D eigenvalue weighted by Gasteiger charge is -2.13. The Morgan fingerprint density at radius 3 is 2.62 bits per heavy atom. The Kier molecular flexibility index (Phi) is 5.64. The van der Waals surface area contributed by atoms with Crippen molar-refractivity contribution in [2.75, 3.05) is 24.3 Å². The molecule has 0 atom stereocenters. The summed E-state index contributed by atoms with van der Waals surface area (Å²) in [5.74, 6) is 2.19. The van der Waals surface area contributed by atoms with Gasteiger partial charge in [0.05, 0.1) is 7.11 Å². The second-order valence-corrected chi connectivity index (χ2v) is 5.39.